The van der Waals surface area contributed by atoms with Gasteiger partial charge in [0, 0.05) is 12.3 Å². The van der Waals surface area contributed by atoms with Gasteiger partial charge in [0.15, 0.2) is 0 Å². The van der Waals surface area contributed by atoms with Gasteiger partial charge in [-0.2, -0.15) is 0 Å². The Labute approximate surface area is 196 Å². The summed E-state index contributed by atoms with van der Waals surface area (Å²) in [6.07, 6.45) is 12.7. The quantitative estimate of drug-likeness (QED) is 0.352. The van der Waals surface area contributed by atoms with Crippen molar-refractivity contribution < 1.29 is 14.6 Å². The zero-order valence-corrected chi connectivity index (χ0v) is 21.6. The Morgan fingerprint density at radius 3 is 2.53 bits per heavy atom. The molecule has 0 aromatic heterocycles. The van der Waals surface area contributed by atoms with Crippen molar-refractivity contribution in [2.24, 2.45) is 40.4 Å². The average Bonchev–Trinajstić information content (AvgIpc) is 3.05. The molecule has 0 spiro atoms. The Bertz CT molecular complexity index is 739. The van der Waals surface area contributed by atoms with Crippen molar-refractivity contribution in [3.63, 3.8) is 0 Å². The molecule has 0 radical (unpaired) electrons. The molecule has 4 aliphatic rings. The largest absolute Gasteiger partial charge is 0.463 e. The van der Waals surface area contributed by atoms with Gasteiger partial charge in [0.05, 0.1) is 6.10 Å². The first-order valence-electron chi connectivity index (χ1n) is 13.6. The van der Waals surface area contributed by atoms with Crippen molar-refractivity contribution in [3.05, 3.63) is 11.1 Å². The second kappa shape index (κ2) is 9.08. The van der Waals surface area contributed by atoms with Crippen LogP contribution < -0.4 is 0 Å². The molecule has 3 heteroatoms. The molecule has 4 rings (SSSR count). The lowest BCUT2D eigenvalue weighted by Gasteiger charge is -2.61. The van der Waals surface area contributed by atoms with Gasteiger partial charge in [-0.25, -0.2) is 0 Å². The maximum Gasteiger partial charge on any atom is 0.302 e. The Hall–Kier alpha value is -0.830. The van der Waals surface area contributed by atoms with E-state index in [9.17, 15) is 9.90 Å². The molecular weight excluding hydrogens is 396 g/mol. The molecule has 3 saturated carbocycles. The minimum absolute atomic E-state index is 0.0145. The predicted octanol–water partition coefficient (Wildman–Crippen LogP) is 7.07. The molecule has 4 aliphatic carbocycles. The highest BCUT2D eigenvalue weighted by Crippen LogP contribution is 2.66. The number of hydrogen-bond donors (Lipinski definition) is 1. The van der Waals surface area contributed by atoms with Crippen LogP contribution in [0.5, 0.6) is 0 Å². The molecule has 182 valence electrons. The van der Waals surface area contributed by atoms with Crippen LogP contribution in [0.3, 0.4) is 0 Å². The Kier molecular flexibility index (Phi) is 6.90. The number of hydrogen-bond acceptors (Lipinski definition) is 3. The van der Waals surface area contributed by atoms with Crippen LogP contribution in [-0.4, -0.2) is 23.3 Å². The number of aliphatic hydroxyl groups excluding tert-OH is 1. The van der Waals surface area contributed by atoms with E-state index >= 15 is 0 Å². The van der Waals surface area contributed by atoms with E-state index in [1.165, 1.54) is 51.9 Å². The van der Waals surface area contributed by atoms with Crippen LogP contribution >= 0.6 is 0 Å². The summed E-state index contributed by atoms with van der Waals surface area (Å²) < 4.78 is 5.61. The lowest BCUT2D eigenvalue weighted by Crippen LogP contribution is -2.58. The van der Waals surface area contributed by atoms with Crippen LogP contribution in [-0.2, 0) is 9.53 Å². The highest BCUT2D eigenvalue weighted by Gasteiger charge is 2.60. The zero-order valence-electron chi connectivity index (χ0n) is 21.6. The number of aliphatic hydroxyl groups is 1. The lowest BCUT2D eigenvalue weighted by molar-refractivity contribution is -0.177. The van der Waals surface area contributed by atoms with Gasteiger partial charge in [-0.15, -0.1) is 0 Å². The number of carbonyl (C=O) groups is 1. The first kappa shape index (κ1) is 24.3. The topological polar surface area (TPSA) is 46.5 Å². The number of carbonyl (C=O) groups excluding carboxylic acids is 1. The molecule has 0 aromatic rings. The molecule has 3 nitrogen and oxygen atoms in total. The zero-order chi connectivity index (χ0) is 23.3. The summed E-state index contributed by atoms with van der Waals surface area (Å²) in [5.74, 6) is 3.24. The minimum Gasteiger partial charge on any atom is -0.463 e. The summed E-state index contributed by atoms with van der Waals surface area (Å²) in [5, 5.41) is 11.5. The summed E-state index contributed by atoms with van der Waals surface area (Å²) in [4.78, 5) is 11.5. The monoisotopic (exact) mass is 444 g/mol. The van der Waals surface area contributed by atoms with Crippen molar-refractivity contribution >= 4 is 5.97 Å². The van der Waals surface area contributed by atoms with Crippen LogP contribution in [0.2, 0.25) is 0 Å². The fourth-order valence-corrected chi connectivity index (χ4v) is 8.74. The summed E-state index contributed by atoms with van der Waals surface area (Å²) in [7, 11) is 0. The highest BCUT2D eigenvalue weighted by molar-refractivity contribution is 5.66. The molecule has 8 atom stereocenters. The summed E-state index contributed by atoms with van der Waals surface area (Å²) in [6.45, 7) is 13.5. The molecule has 0 bridgehead atoms. The summed E-state index contributed by atoms with van der Waals surface area (Å²) in [5.41, 5.74) is 3.76. The average molecular weight is 445 g/mol. The third-order valence-electron chi connectivity index (χ3n) is 10.5. The van der Waals surface area contributed by atoms with Gasteiger partial charge < -0.3 is 9.84 Å². The van der Waals surface area contributed by atoms with Crippen molar-refractivity contribution in [3.8, 4) is 0 Å². The third-order valence-corrected chi connectivity index (χ3v) is 10.5. The Morgan fingerprint density at radius 2 is 1.84 bits per heavy atom. The maximum atomic E-state index is 11.5. The maximum absolute atomic E-state index is 11.5. The molecule has 3 fully saturated rings. The van der Waals surface area contributed by atoms with Crippen LogP contribution in [0.4, 0.5) is 0 Å². The predicted molar refractivity (Wildman–Crippen MR) is 130 cm³/mol. The van der Waals surface area contributed by atoms with Gasteiger partial charge in [-0.3, -0.25) is 4.79 Å². The smallest absolute Gasteiger partial charge is 0.302 e. The number of fused-ring (bicyclic) bond motifs is 5. The van der Waals surface area contributed by atoms with E-state index in [4.69, 9.17) is 4.74 Å². The van der Waals surface area contributed by atoms with Gasteiger partial charge in [-0.05, 0) is 92.8 Å². The SMILES string of the molecule is CC(=O)O[C@H]1CC[C@H]2[C@@H]3CCC4=C([C@H](C)CCCC(C)C)CC[C@]4(C)[C@H]3C[C@@H](O)[C@]2(C)C1. The van der Waals surface area contributed by atoms with Crippen LogP contribution in [0.15, 0.2) is 11.1 Å². The fraction of sp³-hybridized carbons (Fsp3) is 0.897. The fourth-order valence-electron chi connectivity index (χ4n) is 8.74. The Balaban J connectivity index is 1.52. The number of ether oxygens (including phenoxy) is 1. The van der Waals surface area contributed by atoms with Crippen molar-refractivity contribution in [1.29, 1.82) is 0 Å². The van der Waals surface area contributed by atoms with Gasteiger partial charge in [0.2, 0.25) is 0 Å². The molecule has 32 heavy (non-hydrogen) atoms. The molecule has 0 heterocycles. The third kappa shape index (κ3) is 4.21. The first-order chi connectivity index (χ1) is 15.1. The standard InChI is InChI=1S/C29H48O3/c1-18(2)8-7-9-19(3)22-14-15-28(5)24(22)13-11-23-25-12-10-21(32-20(4)30)17-29(25,6)27(31)16-26(23)28/h18-19,21,23,25-27,31H,7-17H2,1-6H3/t19-,21+,23+,25+,26+,27-,28+,29-/m1/s1. The minimum atomic E-state index is -0.282. The van der Waals surface area contributed by atoms with Gasteiger partial charge >= 0.3 is 5.97 Å². The molecule has 0 aliphatic heterocycles. The number of allylic oxidation sites excluding steroid dienone is 2. The van der Waals surface area contributed by atoms with Crippen molar-refractivity contribution in [2.75, 3.05) is 0 Å². The molecule has 0 saturated heterocycles. The molecule has 0 amide bonds. The molecule has 1 N–H and O–H groups in total. The van der Waals surface area contributed by atoms with Gasteiger partial charge in [0.25, 0.3) is 0 Å². The van der Waals surface area contributed by atoms with E-state index in [-0.39, 0.29) is 23.6 Å². The van der Waals surface area contributed by atoms with E-state index in [1.807, 2.05) is 0 Å². The van der Waals surface area contributed by atoms with Crippen LogP contribution in [0.25, 0.3) is 0 Å². The number of rotatable bonds is 6. The second-order valence-electron chi connectivity index (χ2n) is 12.8. The molecule has 0 unspecified atom stereocenters. The van der Waals surface area contributed by atoms with E-state index in [0.29, 0.717) is 23.2 Å². The second-order valence-corrected chi connectivity index (χ2v) is 12.8. The van der Waals surface area contributed by atoms with Crippen molar-refractivity contribution in [2.45, 2.75) is 124 Å². The van der Waals surface area contributed by atoms with E-state index in [0.717, 1.165) is 37.5 Å². The van der Waals surface area contributed by atoms with Crippen molar-refractivity contribution in [1.82, 2.24) is 0 Å². The first-order valence-corrected chi connectivity index (χ1v) is 13.6. The molecular formula is C29H48O3. The lowest BCUT2D eigenvalue weighted by atomic mass is 9.45. The number of esters is 1. The van der Waals surface area contributed by atoms with E-state index in [1.54, 1.807) is 11.1 Å². The Morgan fingerprint density at radius 1 is 1.09 bits per heavy atom. The van der Waals surface area contributed by atoms with E-state index < -0.39 is 0 Å². The summed E-state index contributed by atoms with van der Waals surface area (Å²) in [6, 6.07) is 0. The summed E-state index contributed by atoms with van der Waals surface area (Å²) >= 11 is 0. The van der Waals surface area contributed by atoms with Gasteiger partial charge in [0.1, 0.15) is 6.10 Å². The van der Waals surface area contributed by atoms with Crippen LogP contribution in [0.1, 0.15) is 112 Å². The molecule has 0 aromatic carbocycles. The highest BCUT2D eigenvalue weighted by atomic mass is 16.5. The van der Waals surface area contributed by atoms with Gasteiger partial charge in [-0.1, -0.05) is 58.6 Å². The normalized spacial score (nSPS) is 42.3. The van der Waals surface area contributed by atoms with Crippen LogP contribution in [0, 0.1) is 40.4 Å². The van der Waals surface area contributed by atoms with E-state index in [2.05, 4.69) is 34.6 Å².